The molecule has 0 aliphatic heterocycles. The van der Waals surface area contributed by atoms with Gasteiger partial charge in [-0.2, -0.15) is 9.90 Å². The first-order chi connectivity index (χ1) is 13.4. The molecular weight excluding hydrogens is 392 g/mol. The number of nitrogens with zero attached hydrogens (tertiary/aromatic N) is 5. The standard InChI is InChI=1S/C19H22N6O3S/c1-12-17(24-25(23-12)19(2,3)4)18(26)22-16-8-6-7-15(21-16)14-10-9-13(11-20-14)29(5,27)28/h6-11H,1-5H3,(H,21,22,26). The summed E-state index contributed by atoms with van der Waals surface area (Å²) in [5.41, 5.74) is 1.39. The lowest BCUT2D eigenvalue weighted by molar-refractivity contribution is 0.101. The molecule has 0 fully saturated rings. The number of amides is 1. The molecule has 0 aromatic carbocycles. The second kappa shape index (κ2) is 7.36. The van der Waals surface area contributed by atoms with Crippen molar-refractivity contribution in [2.75, 3.05) is 11.6 Å². The van der Waals surface area contributed by atoms with Crippen LogP contribution in [-0.2, 0) is 15.4 Å². The van der Waals surface area contributed by atoms with Crippen LogP contribution in [0.15, 0.2) is 41.4 Å². The number of aromatic nitrogens is 5. The Balaban J connectivity index is 1.83. The molecule has 0 aliphatic carbocycles. The minimum atomic E-state index is -3.32. The van der Waals surface area contributed by atoms with Crippen LogP contribution in [-0.4, -0.2) is 45.5 Å². The smallest absolute Gasteiger partial charge is 0.279 e. The van der Waals surface area contributed by atoms with Gasteiger partial charge in [-0.3, -0.25) is 9.78 Å². The van der Waals surface area contributed by atoms with E-state index < -0.39 is 15.7 Å². The molecule has 0 atom stereocenters. The third-order valence-electron chi connectivity index (χ3n) is 4.01. The summed E-state index contributed by atoms with van der Waals surface area (Å²) in [7, 11) is -3.32. The number of carbonyl (C=O) groups excluding carboxylic acids is 1. The molecule has 1 amide bonds. The van der Waals surface area contributed by atoms with Gasteiger partial charge in [-0.1, -0.05) is 6.07 Å². The van der Waals surface area contributed by atoms with Crippen LogP contribution in [0.5, 0.6) is 0 Å². The zero-order chi connectivity index (χ0) is 21.4. The molecule has 0 aliphatic rings. The average molecular weight is 414 g/mol. The first-order valence-electron chi connectivity index (χ1n) is 8.84. The maximum Gasteiger partial charge on any atom is 0.279 e. The number of pyridine rings is 2. The number of hydrogen-bond acceptors (Lipinski definition) is 7. The Bertz CT molecular complexity index is 1160. The summed E-state index contributed by atoms with van der Waals surface area (Å²) in [4.78, 5) is 22.8. The second-order valence-electron chi connectivity index (χ2n) is 7.61. The van der Waals surface area contributed by atoms with Crippen LogP contribution in [0.2, 0.25) is 0 Å². The maximum atomic E-state index is 12.6. The molecule has 0 bridgehead atoms. The number of sulfone groups is 1. The van der Waals surface area contributed by atoms with E-state index >= 15 is 0 Å². The van der Waals surface area contributed by atoms with E-state index in [1.54, 1.807) is 31.2 Å². The Kier molecular flexibility index (Phi) is 5.22. The van der Waals surface area contributed by atoms with Gasteiger partial charge in [0.2, 0.25) is 0 Å². The largest absolute Gasteiger partial charge is 0.305 e. The molecule has 0 saturated carbocycles. The van der Waals surface area contributed by atoms with Crippen molar-refractivity contribution in [2.45, 2.75) is 38.1 Å². The third-order valence-corrected chi connectivity index (χ3v) is 5.11. The minimum absolute atomic E-state index is 0.128. The van der Waals surface area contributed by atoms with Crippen molar-refractivity contribution < 1.29 is 13.2 Å². The highest BCUT2D eigenvalue weighted by molar-refractivity contribution is 7.90. The third kappa shape index (κ3) is 4.65. The topological polar surface area (TPSA) is 120 Å². The van der Waals surface area contributed by atoms with Gasteiger partial charge in [-0.25, -0.2) is 13.4 Å². The molecule has 3 aromatic rings. The van der Waals surface area contributed by atoms with Crippen molar-refractivity contribution in [3.05, 3.63) is 47.9 Å². The SMILES string of the molecule is Cc1nn(C(C)(C)C)nc1C(=O)Nc1cccc(-c2ccc(S(C)(=O)=O)cn2)n1. The number of anilines is 1. The van der Waals surface area contributed by atoms with Gasteiger partial charge in [-0.15, -0.1) is 5.10 Å². The molecule has 10 heteroatoms. The Hall–Kier alpha value is -3.14. The number of rotatable bonds is 4. The molecule has 0 unspecified atom stereocenters. The van der Waals surface area contributed by atoms with Gasteiger partial charge in [-0.05, 0) is 52.0 Å². The lowest BCUT2D eigenvalue weighted by atomic mass is 10.1. The van der Waals surface area contributed by atoms with Crippen molar-refractivity contribution in [1.82, 2.24) is 25.0 Å². The Labute approximate surface area is 169 Å². The van der Waals surface area contributed by atoms with Crippen LogP contribution in [0.25, 0.3) is 11.4 Å². The first kappa shape index (κ1) is 20.6. The maximum absolute atomic E-state index is 12.6. The average Bonchev–Trinajstić information content (AvgIpc) is 3.04. The number of aryl methyl sites for hydroxylation is 1. The molecule has 3 aromatic heterocycles. The summed E-state index contributed by atoms with van der Waals surface area (Å²) in [6.45, 7) is 7.56. The van der Waals surface area contributed by atoms with Crippen molar-refractivity contribution >= 4 is 21.6 Å². The molecular formula is C19H22N6O3S. The van der Waals surface area contributed by atoms with Crippen molar-refractivity contribution in [3.63, 3.8) is 0 Å². The Morgan fingerprint density at radius 1 is 1.07 bits per heavy atom. The molecule has 152 valence electrons. The minimum Gasteiger partial charge on any atom is -0.305 e. The van der Waals surface area contributed by atoms with Crippen molar-refractivity contribution in [2.24, 2.45) is 0 Å². The zero-order valence-electron chi connectivity index (χ0n) is 16.8. The van der Waals surface area contributed by atoms with Gasteiger partial charge in [0.15, 0.2) is 15.5 Å². The van der Waals surface area contributed by atoms with Crippen LogP contribution in [0.4, 0.5) is 5.82 Å². The number of nitrogens with one attached hydrogen (secondary N) is 1. The highest BCUT2D eigenvalue weighted by Gasteiger charge is 2.22. The fourth-order valence-corrected chi connectivity index (χ4v) is 3.02. The van der Waals surface area contributed by atoms with E-state index in [4.69, 9.17) is 0 Å². The van der Waals surface area contributed by atoms with E-state index in [9.17, 15) is 13.2 Å². The molecule has 29 heavy (non-hydrogen) atoms. The van der Waals surface area contributed by atoms with Crippen LogP contribution >= 0.6 is 0 Å². The Morgan fingerprint density at radius 2 is 1.79 bits per heavy atom. The number of carbonyl (C=O) groups is 1. The highest BCUT2D eigenvalue weighted by Crippen LogP contribution is 2.19. The van der Waals surface area contributed by atoms with Gasteiger partial charge in [0.05, 0.1) is 27.5 Å². The second-order valence-corrected chi connectivity index (χ2v) is 9.62. The van der Waals surface area contributed by atoms with Crippen LogP contribution in [0.3, 0.4) is 0 Å². The van der Waals surface area contributed by atoms with Crippen molar-refractivity contribution in [3.8, 4) is 11.4 Å². The molecule has 3 heterocycles. The van der Waals surface area contributed by atoms with E-state index in [0.29, 0.717) is 22.9 Å². The summed E-state index contributed by atoms with van der Waals surface area (Å²) in [6.07, 6.45) is 2.40. The fourth-order valence-electron chi connectivity index (χ4n) is 2.46. The first-order valence-corrected chi connectivity index (χ1v) is 10.7. The highest BCUT2D eigenvalue weighted by atomic mass is 32.2. The molecule has 0 saturated heterocycles. The van der Waals surface area contributed by atoms with Crippen molar-refractivity contribution in [1.29, 1.82) is 0 Å². The summed E-state index contributed by atoms with van der Waals surface area (Å²) in [5.74, 6) is -0.0887. The summed E-state index contributed by atoms with van der Waals surface area (Å²) >= 11 is 0. The normalized spacial score (nSPS) is 12.0. The lowest BCUT2D eigenvalue weighted by Gasteiger charge is -2.16. The predicted molar refractivity (Wildman–Crippen MR) is 108 cm³/mol. The van der Waals surface area contributed by atoms with Gasteiger partial charge in [0, 0.05) is 12.5 Å². The molecule has 0 spiro atoms. The predicted octanol–water partition coefficient (Wildman–Crippen LogP) is 2.45. The monoisotopic (exact) mass is 414 g/mol. The van der Waals surface area contributed by atoms with Crippen LogP contribution in [0, 0.1) is 6.92 Å². The molecule has 9 nitrogen and oxygen atoms in total. The lowest BCUT2D eigenvalue weighted by Crippen LogP contribution is -2.25. The zero-order valence-corrected chi connectivity index (χ0v) is 17.6. The Morgan fingerprint density at radius 3 is 2.34 bits per heavy atom. The van der Waals surface area contributed by atoms with E-state index in [-0.39, 0.29) is 16.1 Å². The van der Waals surface area contributed by atoms with Gasteiger partial charge in [0.1, 0.15) is 5.82 Å². The fraction of sp³-hybridized carbons (Fsp3) is 0.316. The molecule has 3 rings (SSSR count). The van der Waals surface area contributed by atoms with Gasteiger partial charge >= 0.3 is 0 Å². The molecule has 0 radical (unpaired) electrons. The quantitative estimate of drug-likeness (QED) is 0.696. The molecule has 1 N–H and O–H groups in total. The van der Waals surface area contributed by atoms with E-state index in [1.807, 2.05) is 20.8 Å². The van der Waals surface area contributed by atoms with E-state index in [0.717, 1.165) is 6.26 Å². The van der Waals surface area contributed by atoms with Crippen LogP contribution in [0.1, 0.15) is 37.0 Å². The van der Waals surface area contributed by atoms with E-state index in [1.165, 1.54) is 17.1 Å². The van der Waals surface area contributed by atoms with Gasteiger partial charge < -0.3 is 5.32 Å². The summed E-state index contributed by atoms with van der Waals surface area (Å²) in [6, 6.07) is 8.14. The number of hydrogen-bond donors (Lipinski definition) is 1. The van der Waals surface area contributed by atoms with E-state index in [2.05, 4.69) is 25.5 Å². The van der Waals surface area contributed by atoms with Crippen LogP contribution < -0.4 is 5.32 Å². The summed E-state index contributed by atoms with van der Waals surface area (Å²) < 4.78 is 23.1. The van der Waals surface area contributed by atoms with Gasteiger partial charge in [0.25, 0.3) is 5.91 Å². The summed E-state index contributed by atoms with van der Waals surface area (Å²) in [5, 5.41) is 11.3.